The number of carbonyl (C=O) groups excluding carboxylic acids is 1. The number of hydrogen-bond donors (Lipinski definition) is 0. The van der Waals surface area contributed by atoms with Crippen molar-refractivity contribution in [3.63, 3.8) is 0 Å². The lowest BCUT2D eigenvalue weighted by molar-refractivity contribution is -0.112. The van der Waals surface area contributed by atoms with E-state index in [1.165, 1.54) is 6.08 Å². The molecule has 90 valence electrons. The molecular weight excluding hydrogens is 236 g/mol. The number of carbonyl (C=O) groups is 1. The van der Waals surface area contributed by atoms with Gasteiger partial charge in [0.1, 0.15) is 0 Å². The second kappa shape index (κ2) is 4.48. The molecule has 0 spiro atoms. The molecule has 1 aliphatic carbocycles. The summed E-state index contributed by atoms with van der Waals surface area (Å²) in [7, 11) is 0. The van der Waals surface area contributed by atoms with Gasteiger partial charge < -0.3 is 5.53 Å². The summed E-state index contributed by atoms with van der Waals surface area (Å²) in [5, 5.41) is 0. The largest absolute Gasteiger partial charge is 0.369 e. The van der Waals surface area contributed by atoms with Crippen molar-refractivity contribution < 1.29 is 9.58 Å². The van der Waals surface area contributed by atoms with Crippen LogP contribution < -0.4 is 0 Å². The molecule has 3 rings (SSSR count). The van der Waals surface area contributed by atoms with Crippen LogP contribution in [0.1, 0.15) is 11.1 Å². The van der Waals surface area contributed by atoms with Crippen LogP contribution in [0, 0.1) is 0 Å². The van der Waals surface area contributed by atoms with Crippen LogP contribution in [0.4, 0.5) is 0 Å². The quantitative estimate of drug-likeness (QED) is 0.563. The molecule has 0 heterocycles. The molecule has 0 saturated carbocycles. The third-order valence-electron chi connectivity index (χ3n) is 3.16. The summed E-state index contributed by atoms with van der Waals surface area (Å²) in [6.45, 7) is 0. The van der Waals surface area contributed by atoms with Crippen LogP contribution in [-0.2, 0) is 4.79 Å². The van der Waals surface area contributed by atoms with Crippen LogP contribution in [0.2, 0.25) is 0 Å². The average Bonchev–Trinajstić information content (AvgIpc) is 2.47. The maximum Gasteiger partial charge on any atom is 0.369 e. The second-order valence-electron chi connectivity index (χ2n) is 4.31. The van der Waals surface area contributed by atoms with Crippen molar-refractivity contribution in [1.82, 2.24) is 0 Å². The van der Waals surface area contributed by atoms with E-state index in [4.69, 9.17) is 5.53 Å². The monoisotopic (exact) mass is 246 g/mol. The van der Waals surface area contributed by atoms with Gasteiger partial charge in [0.2, 0.25) is 0 Å². The van der Waals surface area contributed by atoms with E-state index >= 15 is 0 Å². The van der Waals surface area contributed by atoms with Gasteiger partial charge in [0.25, 0.3) is 5.78 Å². The Morgan fingerprint density at radius 2 is 1.68 bits per heavy atom. The molecular formula is C16H10N2O. The zero-order chi connectivity index (χ0) is 13.2. The first-order valence-corrected chi connectivity index (χ1v) is 5.94. The third kappa shape index (κ3) is 1.92. The maximum atomic E-state index is 11.6. The number of allylic oxidation sites excluding steroid dienone is 1. The van der Waals surface area contributed by atoms with E-state index in [9.17, 15) is 4.79 Å². The Hall–Kier alpha value is -2.77. The molecule has 0 aliphatic heterocycles. The molecule has 0 atom stereocenters. The molecule has 1 aliphatic rings. The summed E-state index contributed by atoms with van der Waals surface area (Å²) in [4.78, 5) is 14.7. The Bertz CT molecular complexity index is 739. The summed E-state index contributed by atoms with van der Waals surface area (Å²) in [6, 6.07) is 15.7. The highest BCUT2D eigenvalue weighted by molar-refractivity contribution is 6.50. The van der Waals surface area contributed by atoms with Crippen molar-refractivity contribution in [3.05, 3.63) is 71.3 Å². The minimum absolute atomic E-state index is 0.0945. The minimum Gasteiger partial charge on any atom is -0.361 e. The van der Waals surface area contributed by atoms with Crippen molar-refractivity contribution in [1.29, 1.82) is 0 Å². The molecule has 0 saturated heterocycles. The first-order valence-electron chi connectivity index (χ1n) is 5.94. The van der Waals surface area contributed by atoms with Gasteiger partial charge >= 0.3 is 5.71 Å². The second-order valence-corrected chi connectivity index (χ2v) is 4.31. The lowest BCUT2D eigenvalue weighted by Gasteiger charge is -2.08. The van der Waals surface area contributed by atoms with Crippen molar-refractivity contribution in [3.8, 4) is 11.1 Å². The topological polar surface area (TPSA) is 53.5 Å². The Morgan fingerprint density at radius 3 is 2.42 bits per heavy atom. The Balaban J connectivity index is 2.16. The van der Waals surface area contributed by atoms with Crippen molar-refractivity contribution in [2.75, 3.05) is 0 Å². The summed E-state index contributed by atoms with van der Waals surface area (Å²) >= 11 is 0. The molecule has 0 radical (unpaired) electrons. The highest BCUT2D eigenvalue weighted by Crippen LogP contribution is 2.25. The van der Waals surface area contributed by atoms with E-state index in [1.807, 2.05) is 48.5 Å². The Labute approximate surface area is 110 Å². The van der Waals surface area contributed by atoms with Gasteiger partial charge in [-0.1, -0.05) is 36.4 Å². The first-order chi connectivity index (χ1) is 9.29. The molecule has 0 bridgehead atoms. The fourth-order valence-corrected chi connectivity index (χ4v) is 2.21. The van der Waals surface area contributed by atoms with Gasteiger partial charge in [-0.15, -0.1) is 0 Å². The lowest BCUT2D eigenvalue weighted by Crippen LogP contribution is -2.18. The highest BCUT2D eigenvalue weighted by Gasteiger charge is 2.26. The molecule has 0 N–H and O–H groups in total. The normalized spacial score (nSPS) is 13.1. The van der Waals surface area contributed by atoms with Crippen LogP contribution in [0.5, 0.6) is 0 Å². The number of rotatable bonds is 1. The van der Waals surface area contributed by atoms with E-state index in [-0.39, 0.29) is 11.5 Å². The summed E-state index contributed by atoms with van der Waals surface area (Å²) in [5.41, 5.74) is 12.7. The highest BCUT2D eigenvalue weighted by atomic mass is 16.1. The fourth-order valence-electron chi connectivity index (χ4n) is 2.21. The molecule has 0 unspecified atom stereocenters. The van der Waals surface area contributed by atoms with Gasteiger partial charge in [-0.2, -0.15) is 4.79 Å². The summed E-state index contributed by atoms with van der Waals surface area (Å²) in [5.74, 6) is -0.275. The van der Waals surface area contributed by atoms with E-state index in [0.717, 1.165) is 16.7 Å². The molecule has 2 aromatic rings. The maximum absolute atomic E-state index is 11.6. The van der Waals surface area contributed by atoms with Crippen molar-refractivity contribution >= 4 is 17.6 Å². The predicted octanol–water partition coefficient (Wildman–Crippen LogP) is 2.97. The van der Waals surface area contributed by atoms with Gasteiger partial charge in [-0.3, -0.25) is 4.79 Å². The van der Waals surface area contributed by atoms with E-state index < -0.39 is 0 Å². The number of benzene rings is 2. The van der Waals surface area contributed by atoms with Crippen LogP contribution in [0.3, 0.4) is 0 Å². The van der Waals surface area contributed by atoms with Gasteiger partial charge in [-0.25, -0.2) is 0 Å². The zero-order valence-corrected chi connectivity index (χ0v) is 10.1. The van der Waals surface area contributed by atoms with Crippen LogP contribution in [-0.4, -0.2) is 16.3 Å². The molecule has 0 fully saturated rings. The summed E-state index contributed by atoms with van der Waals surface area (Å²) < 4.78 is 0. The fraction of sp³-hybridized carbons (Fsp3) is 0. The SMILES string of the molecule is [N-]=[N+]=C1C(=O)C=Cc2cc(-c3ccccc3)ccc21. The van der Waals surface area contributed by atoms with E-state index in [1.54, 1.807) is 6.08 Å². The Morgan fingerprint density at radius 1 is 0.895 bits per heavy atom. The summed E-state index contributed by atoms with van der Waals surface area (Å²) in [6.07, 6.45) is 3.17. The molecule has 0 aromatic heterocycles. The third-order valence-corrected chi connectivity index (χ3v) is 3.16. The molecule has 3 nitrogen and oxygen atoms in total. The van der Waals surface area contributed by atoms with Gasteiger partial charge in [-0.05, 0) is 41.0 Å². The Kier molecular flexibility index (Phi) is 2.67. The molecule has 2 aromatic carbocycles. The van der Waals surface area contributed by atoms with Crippen molar-refractivity contribution in [2.45, 2.75) is 0 Å². The standard InChI is InChI=1S/C16H10N2O/c17-18-16-14-8-6-12(11-4-2-1-3-5-11)10-13(14)7-9-15(16)19/h1-10H. The average molecular weight is 246 g/mol. The van der Waals surface area contributed by atoms with E-state index in [0.29, 0.717) is 5.56 Å². The number of nitrogens with zero attached hydrogens (tertiary/aromatic N) is 2. The number of fused-ring (bicyclic) bond motifs is 1. The molecule has 3 heteroatoms. The first kappa shape index (κ1) is 11.3. The van der Waals surface area contributed by atoms with Gasteiger partial charge in [0.15, 0.2) is 0 Å². The van der Waals surface area contributed by atoms with Gasteiger partial charge in [0.05, 0.1) is 5.56 Å². The zero-order valence-electron chi connectivity index (χ0n) is 10.1. The predicted molar refractivity (Wildman–Crippen MR) is 73.6 cm³/mol. The van der Waals surface area contributed by atoms with Crippen LogP contribution in [0.25, 0.3) is 22.7 Å². The number of ketones is 1. The van der Waals surface area contributed by atoms with Crippen LogP contribution in [0.15, 0.2) is 54.6 Å². The van der Waals surface area contributed by atoms with Crippen LogP contribution >= 0.6 is 0 Å². The van der Waals surface area contributed by atoms with Gasteiger partial charge in [0, 0.05) is 0 Å². The van der Waals surface area contributed by atoms with E-state index in [2.05, 4.69) is 4.79 Å². The lowest BCUT2D eigenvalue weighted by atomic mass is 9.91. The molecule has 0 amide bonds. The molecule has 19 heavy (non-hydrogen) atoms. The smallest absolute Gasteiger partial charge is 0.361 e. The minimum atomic E-state index is -0.275. The van der Waals surface area contributed by atoms with Crippen molar-refractivity contribution in [2.24, 2.45) is 0 Å². The number of hydrogen-bond acceptors (Lipinski definition) is 1.